The molecule has 0 unspecified atom stereocenters. The average Bonchev–Trinajstić information content (AvgIpc) is 2.70. The van der Waals surface area contributed by atoms with Crippen molar-refractivity contribution in [1.29, 1.82) is 0 Å². The highest BCUT2D eigenvalue weighted by Gasteiger charge is 2.10. The number of methoxy groups -OCH3 is 1. The van der Waals surface area contributed by atoms with Crippen molar-refractivity contribution in [1.82, 2.24) is 4.98 Å². The molecule has 0 aliphatic heterocycles. The van der Waals surface area contributed by atoms with Crippen molar-refractivity contribution in [3.8, 4) is 0 Å². The van der Waals surface area contributed by atoms with E-state index >= 15 is 0 Å². The van der Waals surface area contributed by atoms with E-state index in [1.807, 2.05) is 31.2 Å². The molecule has 0 bridgehead atoms. The molecule has 0 saturated heterocycles. The van der Waals surface area contributed by atoms with Crippen molar-refractivity contribution < 1.29 is 14.3 Å². The van der Waals surface area contributed by atoms with Gasteiger partial charge in [0.05, 0.1) is 12.7 Å². The van der Waals surface area contributed by atoms with Crippen molar-refractivity contribution in [2.24, 2.45) is 0 Å². The second kappa shape index (κ2) is 8.14. The van der Waals surface area contributed by atoms with Gasteiger partial charge in [0.1, 0.15) is 5.69 Å². The molecule has 6 nitrogen and oxygen atoms in total. The molecule has 27 heavy (non-hydrogen) atoms. The van der Waals surface area contributed by atoms with E-state index in [-0.39, 0.29) is 11.6 Å². The van der Waals surface area contributed by atoms with E-state index in [9.17, 15) is 9.59 Å². The second-order valence-electron chi connectivity index (χ2n) is 5.94. The maximum Gasteiger partial charge on any atom is 0.337 e. The highest BCUT2D eigenvalue weighted by molar-refractivity contribution is 6.03. The Morgan fingerprint density at radius 1 is 0.889 bits per heavy atom. The van der Waals surface area contributed by atoms with E-state index in [1.165, 1.54) is 12.7 Å². The summed E-state index contributed by atoms with van der Waals surface area (Å²) in [4.78, 5) is 28.0. The first-order valence-electron chi connectivity index (χ1n) is 8.34. The van der Waals surface area contributed by atoms with Gasteiger partial charge in [-0.3, -0.25) is 9.78 Å². The van der Waals surface area contributed by atoms with Crippen LogP contribution in [0.2, 0.25) is 0 Å². The number of pyridine rings is 1. The fourth-order valence-electron chi connectivity index (χ4n) is 2.44. The summed E-state index contributed by atoms with van der Waals surface area (Å²) in [5.41, 5.74) is 4.12. The lowest BCUT2D eigenvalue weighted by Crippen LogP contribution is -2.14. The quantitative estimate of drug-likeness (QED) is 0.667. The summed E-state index contributed by atoms with van der Waals surface area (Å²) in [6.07, 6.45) is 1.58. The molecular formula is C21H19N3O3. The number of ether oxygens (including phenoxy) is 1. The smallest absolute Gasteiger partial charge is 0.337 e. The Kier molecular flexibility index (Phi) is 5.47. The first kappa shape index (κ1) is 18.1. The minimum absolute atomic E-state index is 0.282. The van der Waals surface area contributed by atoms with Crippen LogP contribution in [0.5, 0.6) is 0 Å². The molecule has 6 heteroatoms. The Balaban J connectivity index is 1.69. The number of benzene rings is 2. The number of carbonyl (C=O) groups is 2. The molecule has 2 N–H and O–H groups in total. The molecule has 1 aromatic heterocycles. The Bertz CT molecular complexity index is 951. The number of hydrogen-bond acceptors (Lipinski definition) is 5. The van der Waals surface area contributed by atoms with Crippen LogP contribution >= 0.6 is 0 Å². The second-order valence-corrected chi connectivity index (χ2v) is 5.94. The number of hydrogen-bond donors (Lipinski definition) is 2. The minimum Gasteiger partial charge on any atom is -0.465 e. The number of nitrogens with zero attached hydrogens (tertiary/aromatic N) is 1. The van der Waals surface area contributed by atoms with Crippen molar-refractivity contribution in [2.45, 2.75) is 6.92 Å². The van der Waals surface area contributed by atoms with Gasteiger partial charge >= 0.3 is 5.97 Å². The zero-order chi connectivity index (χ0) is 19.2. The van der Waals surface area contributed by atoms with E-state index in [1.54, 1.807) is 42.6 Å². The van der Waals surface area contributed by atoms with Gasteiger partial charge in [-0.15, -0.1) is 0 Å². The molecule has 0 radical (unpaired) electrons. The maximum absolute atomic E-state index is 12.4. The molecule has 136 valence electrons. The fourth-order valence-corrected chi connectivity index (χ4v) is 2.44. The fraction of sp³-hybridized carbons (Fsp3) is 0.0952. The Morgan fingerprint density at radius 3 is 2.22 bits per heavy atom. The molecule has 0 aliphatic carbocycles. The van der Waals surface area contributed by atoms with Crippen molar-refractivity contribution in [3.63, 3.8) is 0 Å². The van der Waals surface area contributed by atoms with Crippen LogP contribution in [0.15, 0.2) is 66.9 Å². The number of esters is 1. The third kappa shape index (κ3) is 4.70. The predicted octanol–water partition coefficient (Wildman–Crippen LogP) is 4.17. The van der Waals surface area contributed by atoms with E-state index in [4.69, 9.17) is 0 Å². The van der Waals surface area contributed by atoms with Crippen LogP contribution in [-0.2, 0) is 4.74 Å². The lowest BCUT2D eigenvalue weighted by atomic mass is 10.2. The molecule has 0 aliphatic rings. The van der Waals surface area contributed by atoms with Gasteiger partial charge in [-0.05, 0) is 55.5 Å². The van der Waals surface area contributed by atoms with Gasteiger partial charge in [0.15, 0.2) is 0 Å². The average molecular weight is 361 g/mol. The van der Waals surface area contributed by atoms with Crippen LogP contribution in [0, 0.1) is 6.92 Å². The zero-order valence-electron chi connectivity index (χ0n) is 15.0. The third-order valence-electron chi connectivity index (χ3n) is 3.90. The van der Waals surface area contributed by atoms with Crippen LogP contribution in [0.3, 0.4) is 0 Å². The van der Waals surface area contributed by atoms with Gasteiger partial charge < -0.3 is 15.4 Å². The van der Waals surface area contributed by atoms with Crippen LogP contribution in [0.25, 0.3) is 0 Å². The van der Waals surface area contributed by atoms with Gasteiger partial charge in [0.2, 0.25) is 0 Å². The Morgan fingerprint density at radius 2 is 1.56 bits per heavy atom. The molecule has 3 aromatic rings. The summed E-state index contributed by atoms with van der Waals surface area (Å²) in [5.74, 6) is -0.766. The van der Waals surface area contributed by atoms with Gasteiger partial charge in [-0.25, -0.2) is 4.79 Å². The maximum atomic E-state index is 12.4. The molecule has 1 amide bonds. The van der Waals surface area contributed by atoms with Crippen molar-refractivity contribution in [3.05, 3.63) is 83.7 Å². The molecule has 0 atom stereocenters. The van der Waals surface area contributed by atoms with E-state index in [0.717, 1.165) is 11.4 Å². The molecule has 3 rings (SSSR count). The van der Waals surface area contributed by atoms with Gasteiger partial charge in [-0.1, -0.05) is 17.7 Å². The SMILES string of the molecule is COC(=O)c1ccc(NC(=O)c2cc(Nc3ccc(C)cc3)ccn2)cc1. The Hall–Kier alpha value is -3.67. The highest BCUT2D eigenvalue weighted by Crippen LogP contribution is 2.18. The summed E-state index contributed by atoms with van der Waals surface area (Å²) in [6, 6.07) is 17.9. The lowest BCUT2D eigenvalue weighted by Gasteiger charge is -2.09. The van der Waals surface area contributed by atoms with Gasteiger partial charge in [0.25, 0.3) is 5.91 Å². The number of nitrogens with one attached hydrogen (secondary N) is 2. The van der Waals surface area contributed by atoms with E-state index in [2.05, 4.69) is 20.4 Å². The van der Waals surface area contributed by atoms with E-state index in [0.29, 0.717) is 11.3 Å². The highest BCUT2D eigenvalue weighted by atomic mass is 16.5. The molecule has 0 fully saturated rings. The summed E-state index contributed by atoms with van der Waals surface area (Å²) < 4.78 is 4.65. The predicted molar refractivity (Wildman–Crippen MR) is 104 cm³/mol. The zero-order valence-corrected chi connectivity index (χ0v) is 15.0. The monoisotopic (exact) mass is 361 g/mol. The minimum atomic E-state index is -0.426. The number of amides is 1. The van der Waals surface area contributed by atoms with Crippen LogP contribution in [0.4, 0.5) is 17.1 Å². The van der Waals surface area contributed by atoms with Crippen molar-refractivity contribution in [2.75, 3.05) is 17.7 Å². The Labute approximate surface area is 157 Å². The summed E-state index contributed by atoms with van der Waals surface area (Å²) >= 11 is 0. The van der Waals surface area contributed by atoms with Gasteiger partial charge in [0, 0.05) is 23.3 Å². The molecular weight excluding hydrogens is 342 g/mol. The first-order chi connectivity index (χ1) is 13.0. The van der Waals surface area contributed by atoms with Crippen molar-refractivity contribution >= 4 is 28.9 Å². The molecule has 0 spiro atoms. The first-order valence-corrected chi connectivity index (χ1v) is 8.34. The van der Waals surface area contributed by atoms with E-state index < -0.39 is 5.97 Å². The number of anilines is 3. The standard InChI is InChI=1S/C21H19N3O3/c1-14-3-7-16(8-4-14)23-18-11-12-22-19(13-18)20(25)24-17-9-5-15(6-10-17)21(26)27-2/h3-13H,1-2H3,(H,22,23)(H,24,25). The normalized spacial score (nSPS) is 10.1. The number of aromatic nitrogens is 1. The van der Waals surface area contributed by atoms with Gasteiger partial charge in [-0.2, -0.15) is 0 Å². The molecule has 1 heterocycles. The summed E-state index contributed by atoms with van der Waals surface area (Å²) in [5, 5.41) is 6.00. The van der Waals surface area contributed by atoms with Crippen LogP contribution < -0.4 is 10.6 Å². The van der Waals surface area contributed by atoms with Crippen LogP contribution in [0.1, 0.15) is 26.4 Å². The topological polar surface area (TPSA) is 80.3 Å². The summed E-state index contributed by atoms with van der Waals surface area (Å²) in [7, 11) is 1.32. The summed E-state index contributed by atoms with van der Waals surface area (Å²) in [6.45, 7) is 2.02. The lowest BCUT2D eigenvalue weighted by molar-refractivity contribution is 0.0600. The number of carbonyl (C=O) groups excluding carboxylic acids is 2. The number of aryl methyl sites for hydroxylation is 1. The largest absolute Gasteiger partial charge is 0.465 e. The van der Waals surface area contributed by atoms with Crippen LogP contribution in [-0.4, -0.2) is 24.0 Å². The molecule has 2 aromatic carbocycles. The third-order valence-corrected chi connectivity index (χ3v) is 3.90. The number of rotatable bonds is 5. The molecule has 0 saturated carbocycles.